The number of hydrogen-bond donors (Lipinski definition) is 2. The molecule has 1 aliphatic heterocycles. The summed E-state index contributed by atoms with van der Waals surface area (Å²) < 4.78 is 1.04. The highest BCUT2D eigenvalue weighted by Gasteiger charge is 2.19. The first kappa shape index (κ1) is 20.1. The molecule has 5 nitrogen and oxygen atoms in total. The van der Waals surface area contributed by atoms with E-state index in [2.05, 4.69) is 48.4 Å². The van der Waals surface area contributed by atoms with Crippen LogP contribution in [0.3, 0.4) is 0 Å². The quantitative estimate of drug-likeness (QED) is 0.401. The molecular weight excluding hydrogens is 446 g/mol. The lowest BCUT2D eigenvalue weighted by Crippen LogP contribution is -2.46. The summed E-state index contributed by atoms with van der Waals surface area (Å²) in [6, 6.07) is 14.2. The minimum Gasteiger partial charge on any atom is -0.375 e. The van der Waals surface area contributed by atoms with Gasteiger partial charge in [-0.05, 0) is 57.5 Å². The molecule has 0 unspecified atom stereocenters. The number of piperazine rings is 1. The topological polar surface area (TPSA) is 56.9 Å². The predicted molar refractivity (Wildman–Crippen MR) is 121 cm³/mol. The van der Waals surface area contributed by atoms with Crippen molar-refractivity contribution in [1.82, 2.24) is 10.3 Å². The number of hydrazone groups is 1. The Hall–Kier alpha value is -1.67. The molecular formula is C19H21BrClN5S. The van der Waals surface area contributed by atoms with Crippen molar-refractivity contribution < 1.29 is 0 Å². The van der Waals surface area contributed by atoms with Crippen LogP contribution in [0.1, 0.15) is 11.1 Å². The third kappa shape index (κ3) is 5.65. The van der Waals surface area contributed by atoms with Crippen molar-refractivity contribution in [3.8, 4) is 0 Å². The molecule has 0 bridgehead atoms. The van der Waals surface area contributed by atoms with Crippen LogP contribution in [0.2, 0.25) is 5.02 Å². The summed E-state index contributed by atoms with van der Waals surface area (Å²) >= 11 is 14.7. The average molecular weight is 467 g/mol. The standard InChI is InChI=1S/C19H21BrClN5S/c20-16-11-14(12-23-24-19(22)27)5-6-18(16)26-9-7-25(8-10-26)13-15-3-1-2-4-17(15)21/h1-6,11-12H,7-10,13H2,(H3,22,24,27). The van der Waals surface area contributed by atoms with E-state index in [9.17, 15) is 0 Å². The largest absolute Gasteiger partial charge is 0.375 e. The zero-order valence-electron chi connectivity index (χ0n) is 14.7. The van der Waals surface area contributed by atoms with E-state index in [1.165, 1.54) is 11.3 Å². The van der Waals surface area contributed by atoms with Crippen molar-refractivity contribution in [3.63, 3.8) is 0 Å². The average Bonchev–Trinajstić information content (AvgIpc) is 2.64. The Morgan fingerprint density at radius 1 is 1.22 bits per heavy atom. The highest BCUT2D eigenvalue weighted by atomic mass is 79.9. The van der Waals surface area contributed by atoms with E-state index >= 15 is 0 Å². The maximum atomic E-state index is 6.28. The molecule has 3 rings (SSSR count). The van der Waals surface area contributed by atoms with Gasteiger partial charge in [0.1, 0.15) is 0 Å². The fourth-order valence-corrected chi connectivity index (χ4v) is 3.94. The second kappa shape index (κ2) is 9.50. The van der Waals surface area contributed by atoms with Crippen molar-refractivity contribution in [2.45, 2.75) is 6.54 Å². The third-order valence-corrected chi connectivity index (χ3v) is 5.52. The lowest BCUT2D eigenvalue weighted by Gasteiger charge is -2.36. The number of benzene rings is 2. The Bertz CT molecular complexity index is 837. The first-order chi connectivity index (χ1) is 13.0. The SMILES string of the molecule is NC(=S)NN=Cc1ccc(N2CCN(Cc3ccccc3Cl)CC2)c(Br)c1. The Morgan fingerprint density at radius 2 is 1.96 bits per heavy atom. The van der Waals surface area contributed by atoms with E-state index in [0.29, 0.717) is 0 Å². The normalized spacial score (nSPS) is 15.3. The number of nitrogens with one attached hydrogen (secondary N) is 1. The molecule has 0 amide bonds. The molecule has 3 N–H and O–H groups in total. The molecule has 1 fully saturated rings. The van der Waals surface area contributed by atoms with Crippen LogP contribution in [-0.4, -0.2) is 42.4 Å². The van der Waals surface area contributed by atoms with E-state index in [-0.39, 0.29) is 5.11 Å². The second-order valence-corrected chi connectivity index (χ2v) is 8.00. The summed E-state index contributed by atoms with van der Waals surface area (Å²) in [6.45, 7) is 4.83. The number of nitrogens with two attached hydrogens (primary N) is 1. The molecule has 142 valence electrons. The molecule has 8 heteroatoms. The maximum Gasteiger partial charge on any atom is 0.184 e. The molecule has 1 heterocycles. The van der Waals surface area contributed by atoms with Crippen molar-refractivity contribution in [3.05, 3.63) is 63.1 Å². The number of hydrogen-bond acceptors (Lipinski definition) is 4. The van der Waals surface area contributed by atoms with Gasteiger partial charge in [-0.15, -0.1) is 0 Å². The molecule has 0 spiro atoms. The molecule has 0 aliphatic carbocycles. The lowest BCUT2D eigenvalue weighted by molar-refractivity contribution is 0.250. The van der Waals surface area contributed by atoms with Crippen LogP contribution < -0.4 is 16.1 Å². The monoisotopic (exact) mass is 465 g/mol. The van der Waals surface area contributed by atoms with Crippen LogP contribution >= 0.6 is 39.7 Å². The Labute approximate surface area is 178 Å². The molecule has 0 aromatic heterocycles. The number of rotatable bonds is 5. The Morgan fingerprint density at radius 3 is 2.63 bits per heavy atom. The van der Waals surface area contributed by atoms with E-state index in [1.807, 2.05) is 30.3 Å². The van der Waals surface area contributed by atoms with Gasteiger partial charge in [0, 0.05) is 42.2 Å². The van der Waals surface area contributed by atoms with Crippen molar-refractivity contribution in [2.75, 3.05) is 31.1 Å². The van der Waals surface area contributed by atoms with Gasteiger partial charge >= 0.3 is 0 Å². The minimum atomic E-state index is 0.150. The van der Waals surface area contributed by atoms with Crippen LogP contribution in [-0.2, 0) is 6.54 Å². The molecule has 0 atom stereocenters. The van der Waals surface area contributed by atoms with E-state index < -0.39 is 0 Å². The summed E-state index contributed by atoms with van der Waals surface area (Å²) in [6.07, 6.45) is 1.69. The molecule has 27 heavy (non-hydrogen) atoms. The van der Waals surface area contributed by atoms with Gasteiger partial charge in [-0.2, -0.15) is 5.10 Å². The Balaban J connectivity index is 1.58. The first-order valence-corrected chi connectivity index (χ1v) is 10.2. The van der Waals surface area contributed by atoms with Gasteiger partial charge < -0.3 is 10.6 Å². The molecule has 0 saturated carbocycles. The van der Waals surface area contributed by atoms with Crippen molar-refractivity contribution >= 4 is 56.8 Å². The zero-order valence-corrected chi connectivity index (χ0v) is 17.9. The van der Waals surface area contributed by atoms with Crippen LogP contribution in [0.25, 0.3) is 0 Å². The highest BCUT2D eigenvalue weighted by Crippen LogP contribution is 2.28. The summed E-state index contributed by atoms with van der Waals surface area (Å²) in [5.74, 6) is 0. The van der Waals surface area contributed by atoms with Crippen LogP contribution in [0.15, 0.2) is 52.0 Å². The number of halogens is 2. The molecule has 2 aromatic carbocycles. The number of nitrogens with zero attached hydrogens (tertiary/aromatic N) is 3. The summed E-state index contributed by atoms with van der Waals surface area (Å²) in [4.78, 5) is 4.83. The van der Waals surface area contributed by atoms with Crippen molar-refractivity contribution in [2.24, 2.45) is 10.8 Å². The van der Waals surface area contributed by atoms with Gasteiger partial charge in [-0.1, -0.05) is 35.9 Å². The van der Waals surface area contributed by atoms with E-state index in [0.717, 1.165) is 47.8 Å². The molecule has 0 radical (unpaired) electrons. The van der Waals surface area contributed by atoms with Crippen LogP contribution in [0.5, 0.6) is 0 Å². The minimum absolute atomic E-state index is 0.150. The summed E-state index contributed by atoms with van der Waals surface area (Å²) in [5.41, 5.74) is 11.2. The van der Waals surface area contributed by atoms with E-state index in [4.69, 9.17) is 29.6 Å². The van der Waals surface area contributed by atoms with Crippen LogP contribution in [0.4, 0.5) is 5.69 Å². The Kier molecular flexibility index (Phi) is 7.07. The van der Waals surface area contributed by atoms with Crippen molar-refractivity contribution in [1.29, 1.82) is 0 Å². The molecule has 1 aliphatic rings. The highest BCUT2D eigenvalue weighted by molar-refractivity contribution is 9.10. The number of thiocarbonyl (C=S) groups is 1. The summed E-state index contributed by atoms with van der Waals surface area (Å²) in [5, 5.41) is 4.98. The van der Waals surface area contributed by atoms with Gasteiger partial charge in [0.2, 0.25) is 0 Å². The van der Waals surface area contributed by atoms with Gasteiger partial charge in [0.25, 0.3) is 0 Å². The fourth-order valence-electron chi connectivity index (χ4n) is 3.04. The summed E-state index contributed by atoms with van der Waals surface area (Å²) in [7, 11) is 0. The maximum absolute atomic E-state index is 6.28. The van der Waals surface area contributed by atoms with E-state index in [1.54, 1.807) is 6.21 Å². The predicted octanol–water partition coefficient (Wildman–Crippen LogP) is 3.59. The fraction of sp³-hybridized carbons (Fsp3) is 0.263. The van der Waals surface area contributed by atoms with Gasteiger partial charge in [-0.3, -0.25) is 10.3 Å². The van der Waals surface area contributed by atoms with Gasteiger partial charge in [-0.25, -0.2) is 0 Å². The van der Waals surface area contributed by atoms with Gasteiger partial charge in [0.05, 0.1) is 11.9 Å². The smallest absolute Gasteiger partial charge is 0.184 e. The third-order valence-electron chi connectivity index (χ3n) is 4.42. The lowest BCUT2D eigenvalue weighted by atomic mass is 10.1. The second-order valence-electron chi connectivity index (χ2n) is 6.30. The molecule has 1 saturated heterocycles. The van der Waals surface area contributed by atoms with Gasteiger partial charge in [0.15, 0.2) is 5.11 Å². The van der Waals surface area contributed by atoms with Crippen LogP contribution in [0, 0.1) is 0 Å². The number of anilines is 1. The molecule has 2 aromatic rings. The zero-order chi connectivity index (χ0) is 19.2. The first-order valence-electron chi connectivity index (χ1n) is 8.61.